The SMILES string of the molecule is CC(C)OCCCNC(=O)C1c2ccccc2C(=O)N(C2CCCC2)C12CCCC2. The average molecular weight is 413 g/mol. The van der Waals surface area contributed by atoms with E-state index in [-0.39, 0.29) is 35.4 Å². The Hall–Kier alpha value is -1.88. The van der Waals surface area contributed by atoms with E-state index in [1.807, 2.05) is 38.1 Å². The molecule has 1 aliphatic heterocycles. The zero-order valence-corrected chi connectivity index (χ0v) is 18.5. The van der Waals surface area contributed by atoms with Crippen molar-refractivity contribution in [3.8, 4) is 0 Å². The van der Waals surface area contributed by atoms with E-state index >= 15 is 0 Å². The summed E-state index contributed by atoms with van der Waals surface area (Å²) in [5.74, 6) is -0.0568. The number of nitrogens with one attached hydrogen (secondary N) is 1. The van der Waals surface area contributed by atoms with Gasteiger partial charge in [-0.05, 0) is 57.6 Å². The Labute approximate surface area is 180 Å². The maximum atomic E-state index is 13.7. The molecule has 1 aromatic carbocycles. The molecule has 2 aliphatic carbocycles. The van der Waals surface area contributed by atoms with Crippen LogP contribution in [0.4, 0.5) is 0 Å². The highest BCUT2D eigenvalue weighted by molar-refractivity contribution is 6.02. The molecule has 1 N–H and O–H groups in total. The van der Waals surface area contributed by atoms with Gasteiger partial charge >= 0.3 is 0 Å². The van der Waals surface area contributed by atoms with E-state index in [0.717, 1.165) is 56.1 Å². The van der Waals surface area contributed by atoms with Crippen LogP contribution in [0.15, 0.2) is 24.3 Å². The first-order valence-electron chi connectivity index (χ1n) is 11.9. The van der Waals surface area contributed by atoms with Gasteiger partial charge in [-0.15, -0.1) is 0 Å². The van der Waals surface area contributed by atoms with Crippen LogP contribution in [-0.4, -0.2) is 47.6 Å². The van der Waals surface area contributed by atoms with Crippen molar-refractivity contribution in [1.29, 1.82) is 0 Å². The first kappa shape index (κ1) is 21.4. The second-order valence-electron chi connectivity index (χ2n) is 9.51. The number of nitrogens with zero attached hydrogens (tertiary/aromatic N) is 1. The third-order valence-corrected chi connectivity index (χ3v) is 7.23. The van der Waals surface area contributed by atoms with Gasteiger partial charge in [0.1, 0.15) is 0 Å². The van der Waals surface area contributed by atoms with Crippen molar-refractivity contribution in [2.24, 2.45) is 0 Å². The highest BCUT2D eigenvalue weighted by atomic mass is 16.5. The molecule has 1 unspecified atom stereocenters. The predicted octanol–water partition coefficient (Wildman–Crippen LogP) is 4.41. The molecule has 3 aliphatic rings. The molecule has 2 saturated carbocycles. The summed E-state index contributed by atoms with van der Waals surface area (Å²) < 4.78 is 5.61. The summed E-state index contributed by atoms with van der Waals surface area (Å²) in [6.45, 7) is 5.31. The van der Waals surface area contributed by atoms with Gasteiger partial charge in [0.15, 0.2) is 0 Å². The minimum atomic E-state index is -0.362. The molecule has 0 aromatic heterocycles. The molecule has 2 fully saturated rings. The van der Waals surface area contributed by atoms with Gasteiger partial charge < -0.3 is 15.0 Å². The molecule has 1 aromatic rings. The van der Waals surface area contributed by atoms with Gasteiger partial charge in [-0.3, -0.25) is 9.59 Å². The van der Waals surface area contributed by atoms with Gasteiger partial charge in [-0.2, -0.15) is 0 Å². The molecule has 164 valence electrons. The standard InChI is InChI=1S/C25H36N2O3/c1-18(2)30-17-9-16-26-23(28)22-20-12-5-6-13-21(20)24(29)27(19-10-3-4-11-19)25(22)14-7-8-15-25/h5-6,12-13,18-19,22H,3-4,7-11,14-17H2,1-2H3,(H,26,28). The third-order valence-electron chi connectivity index (χ3n) is 7.23. The van der Waals surface area contributed by atoms with Crippen LogP contribution < -0.4 is 5.32 Å². The lowest BCUT2D eigenvalue weighted by molar-refractivity contribution is -0.127. The number of benzene rings is 1. The van der Waals surface area contributed by atoms with Crippen molar-refractivity contribution in [1.82, 2.24) is 10.2 Å². The Morgan fingerprint density at radius 2 is 1.87 bits per heavy atom. The second-order valence-corrected chi connectivity index (χ2v) is 9.51. The van der Waals surface area contributed by atoms with Crippen LogP contribution in [0.1, 0.15) is 93.5 Å². The zero-order valence-electron chi connectivity index (χ0n) is 18.5. The molecule has 30 heavy (non-hydrogen) atoms. The average Bonchev–Trinajstić information content (AvgIpc) is 3.41. The normalized spacial score (nSPS) is 23.4. The lowest BCUT2D eigenvalue weighted by Crippen LogP contribution is -2.63. The molecule has 1 heterocycles. The van der Waals surface area contributed by atoms with Gasteiger partial charge in [0.2, 0.25) is 5.91 Å². The lowest BCUT2D eigenvalue weighted by atomic mass is 9.70. The number of hydrogen-bond donors (Lipinski definition) is 1. The van der Waals surface area contributed by atoms with Crippen LogP contribution in [0.5, 0.6) is 0 Å². The molecule has 1 atom stereocenters. The lowest BCUT2D eigenvalue weighted by Gasteiger charge is -2.52. The summed E-state index contributed by atoms with van der Waals surface area (Å²) in [6, 6.07) is 8.09. The summed E-state index contributed by atoms with van der Waals surface area (Å²) in [6.07, 6.45) is 9.53. The van der Waals surface area contributed by atoms with E-state index in [9.17, 15) is 9.59 Å². The molecule has 2 amide bonds. The minimum absolute atomic E-state index is 0.0735. The highest BCUT2D eigenvalue weighted by Gasteiger charge is 2.57. The number of ether oxygens (including phenoxy) is 1. The third kappa shape index (κ3) is 3.89. The number of hydrogen-bond acceptors (Lipinski definition) is 3. The molecular weight excluding hydrogens is 376 g/mol. The van der Waals surface area contributed by atoms with Gasteiger partial charge in [-0.25, -0.2) is 0 Å². The van der Waals surface area contributed by atoms with Crippen LogP contribution in [0.25, 0.3) is 0 Å². The first-order chi connectivity index (χ1) is 14.5. The maximum Gasteiger partial charge on any atom is 0.254 e. The smallest absolute Gasteiger partial charge is 0.254 e. The fourth-order valence-corrected chi connectivity index (χ4v) is 6.00. The summed E-state index contributed by atoms with van der Waals surface area (Å²) in [7, 11) is 0. The molecule has 0 radical (unpaired) electrons. The Morgan fingerprint density at radius 1 is 1.17 bits per heavy atom. The van der Waals surface area contributed by atoms with E-state index in [1.165, 1.54) is 12.8 Å². The first-order valence-corrected chi connectivity index (χ1v) is 11.9. The Bertz CT molecular complexity index is 763. The van der Waals surface area contributed by atoms with Gasteiger partial charge in [0.25, 0.3) is 5.91 Å². The van der Waals surface area contributed by atoms with Crippen LogP contribution >= 0.6 is 0 Å². The number of rotatable bonds is 7. The quantitative estimate of drug-likeness (QED) is 0.675. The van der Waals surface area contributed by atoms with Crippen LogP contribution in [0, 0.1) is 0 Å². The monoisotopic (exact) mass is 412 g/mol. The van der Waals surface area contributed by atoms with Crippen LogP contribution in [0.2, 0.25) is 0 Å². The molecular formula is C25H36N2O3. The predicted molar refractivity (Wildman–Crippen MR) is 118 cm³/mol. The zero-order chi connectivity index (χ0) is 21.1. The number of carbonyl (C=O) groups is 2. The van der Waals surface area contributed by atoms with Crippen molar-refractivity contribution in [2.75, 3.05) is 13.2 Å². The van der Waals surface area contributed by atoms with Crippen LogP contribution in [0.3, 0.4) is 0 Å². The van der Waals surface area contributed by atoms with E-state index in [2.05, 4.69) is 10.2 Å². The molecule has 0 bridgehead atoms. The summed E-state index contributed by atoms with van der Waals surface area (Å²) >= 11 is 0. The van der Waals surface area contributed by atoms with Crippen molar-refractivity contribution < 1.29 is 14.3 Å². The van der Waals surface area contributed by atoms with E-state index < -0.39 is 0 Å². The van der Waals surface area contributed by atoms with Crippen molar-refractivity contribution in [3.63, 3.8) is 0 Å². The molecule has 0 saturated heterocycles. The number of amides is 2. The van der Waals surface area contributed by atoms with E-state index in [0.29, 0.717) is 13.2 Å². The minimum Gasteiger partial charge on any atom is -0.379 e. The maximum absolute atomic E-state index is 13.7. The summed E-state index contributed by atoms with van der Waals surface area (Å²) in [5, 5.41) is 3.19. The fraction of sp³-hybridized carbons (Fsp3) is 0.680. The van der Waals surface area contributed by atoms with E-state index in [1.54, 1.807) is 0 Å². The second kappa shape index (κ2) is 9.09. The Morgan fingerprint density at radius 3 is 2.57 bits per heavy atom. The van der Waals surface area contributed by atoms with Crippen molar-refractivity contribution >= 4 is 11.8 Å². The van der Waals surface area contributed by atoms with Crippen molar-refractivity contribution in [2.45, 2.75) is 95.2 Å². The highest BCUT2D eigenvalue weighted by Crippen LogP contribution is 2.52. The Balaban J connectivity index is 1.63. The number of fused-ring (bicyclic) bond motifs is 1. The van der Waals surface area contributed by atoms with Gasteiger partial charge in [0, 0.05) is 24.8 Å². The molecule has 5 heteroatoms. The van der Waals surface area contributed by atoms with Crippen molar-refractivity contribution in [3.05, 3.63) is 35.4 Å². The fourth-order valence-electron chi connectivity index (χ4n) is 6.00. The molecule has 1 spiro atoms. The Kier molecular flexibility index (Phi) is 6.47. The van der Waals surface area contributed by atoms with E-state index in [4.69, 9.17) is 4.74 Å². The largest absolute Gasteiger partial charge is 0.379 e. The summed E-state index contributed by atoms with van der Waals surface area (Å²) in [5.41, 5.74) is 1.29. The summed E-state index contributed by atoms with van der Waals surface area (Å²) in [4.78, 5) is 29.5. The molecule has 5 nitrogen and oxygen atoms in total. The van der Waals surface area contributed by atoms with Crippen LogP contribution in [-0.2, 0) is 9.53 Å². The van der Waals surface area contributed by atoms with Gasteiger partial charge in [0.05, 0.1) is 17.6 Å². The number of carbonyl (C=O) groups excluding carboxylic acids is 2. The molecule has 4 rings (SSSR count). The topological polar surface area (TPSA) is 58.6 Å². The van der Waals surface area contributed by atoms with Gasteiger partial charge in [-0.1, -0.05) is 43.9 Å².